The standard InChI is InChI=1S/C20H16N4O2S/c25-19(21-12-16-13-24-9-2-1-8-18(24)22-16)14-5-3-6-15(11-14)23-20(26)17-7-4-10-27-17/h1-11,13H,12H2,(H,21,25)(H,23,26). The number of aromatic nitrogens is 2. The fourth-order valence-corrected chi connectivity index (χ4v) is 3.30. The van der Waals surface area contributed by atoms with Crippen LogP contribution in [0.1, 0.15) is 25.7 Å². The molecule has 0 bridgehead atoms. The van der Waals surface area contributed by atoms with Crippen molar-refractivity contribution in [1.29, 1.82) is 0 Å². The van der Waals surface area contributed by atoms with Crippen LogP contribution in [0.2, 0.25) is 0 Å². The van der Waals surface area contributed by atoms with Crippen LogP contribution >= 0.6 is 11.3 Å². The van der Waals surface area contributed by atoms with Crippen molar-refractivity contribution >= 4 is 34.5 Å². The quantitative estimate of drug-likeness (QED) is 0.559. The topological polar surface area (TPSA) is 75.5 Å². The highest BCUT2D eigenvalue weighted by Crippen LogP contribution is 2.15. The average molecular weight is 376 g/mol. The van der Waals surface area contributed by atoms with Gasteiger partial charge in [0.15, 0.2) is 0 Å². The van der Waals surface area contributed by atoms with E-state index in [2.05, 4.69) is 15.6 Å². The third-order valence-corrected chi connectivity index (χ3v) is 4.84. The number of nitrogens with one attached hydrogen (secondary N) is 2. The third kappa shape index (κ3) is 3.88. The van der Waals surface area contributed by atoms with Gasteiger partial charge in [-0.2, -0.15) is 0 Å². The summed E-state index contributed by atoms with van der Waals surface area (Å²) in [5.74, 6) is -0.411. The molecule has 0 aliphatic rings. The van der Waals surface area contributed by atoms with Gasteiger partial charge in [0.1, 0.15) is 5.65 Å². The van der Waals surface area contributed by atoms with E-state index in [4.69, 9.17) is 0 Å². The van der Waals surface area contributed by atoms with E-state index in [-0.39, 0.29) is 11.8 Å². The van der Waals surface area contributed by atoms with Gasteiger partial charge >= 0.3 is 0 Å². The summed E-state index contributed by atoms with van der Waals surface area (Å²) in [6.07, 6.45) is 3.79. The van der Waals surface area contributed by atoms with Crippen molar-refractivity contribution < 1.29 is 9.59 Å². The largest absolute Gasteiger partial charge is 0.346 e. The maximum absolute atomic E-state index is 12.4. The van der Waals surface area contributed by atoms with E-state index >= 15 is 0 Å². The van der Waals surface area contributed by atoms with Gasteiger partial charge in [-0.15, -0.1) is 11.3 Å². The molecule has 27 heavy (non-hydrogen) atoms. The van der Waals surface area contributed by atoms with Gasteiger partial charge in [0.2, 0.25) is 0 Å². The molecule has 0 saturated heterocycles. The zero-order valence-corrected chi connectivity index (χ0v) is 15.1. The number of amides is 2. The van der Waals surface area contributed by atoms with Crippen LogP contribution in [0.4, 0.5) is 5.69 Å². The number of rotatable bonds is 5. The molecule has 4 rings (SSSR count). The van der Waals surface area contributed by atoms with E-state index in [9.17, 15) is 9.59 Å². The van der Waals surface area contributed by atoms with Crippen molar-refractivity contribution in [2.45, 2.75) is 6.54 Å². The summed E-state index contributed by atoms with van der Waals surface area (Å²) in [4.78, 5) is 29.7. The van der Waals surface area contributed by atoms with Crippen molar-refractivity contribution in [1.82, 2.24) is 14.7 Å². The Bertz CT molecular complexity index is 1070. The molecule has 0 aliphatic heterocycles. The Morgan fingerprint density at radius 1 is 1.04 bits per heavy atom. The number of hydrogen-bond donors (Lipinski definition) is 2. The van der Waals surface area contributed by atoms with Gasteiger partial charge in [0, 0.05) is 23.6 Å². The smallest absolute Gasteiger partial charge is 0.265 e. The lowest BCUT2D eigenvalue weighted by molar-refractivity contribution is 0.0949. The van der Waals surface area contributed by atoms with Gasteiger partial charge in [0.25, 0.3) is 11.8 Å². The van der Waals surface area contributed by atoms with Gasteiger partial charge in [0.05, 0.1) is 17.1 Å². The molecule has 3 heterocycles. The van der Waals surface area contributed by atoms with Crippen LogP contribution in [0.15, 0.2) is 72.4 Å². The highest BCUT2D eigenvalue weighted by atomic mass is 32.1. The van der Waals surface area contributed by atoms with Crippen molar-refractivity contribution in [2.75, 3.05) is 5.32 Å². The Morgan fingerprint density at radius 2 is 1.96 bits per heavy atom. The molecule has 7 heteroatoms. The average Bonchev–Trinajstić information content (AvgIpc) is 3.35. The van der Waals surface area contributed by atoms with Crippen molar-refractivity contribution in [3.8, 4) is 0 Å². The van der Waals surface area contributed by atoms with Gasteiger partial charge < -0.3 is 15.0 Å². The second-order valence-electron chi connectivity index (χ2n) is 5.89. The number of benzene rings is 1. The lowest BCUT2D eigenvalue weighted by atomic mass is 10.2. The first-order valence-electron chi connectivity index (χ1n) is 8.35. The Kier molecular flexibility index (Phi) is 4.67. The van der Waals surface area contributed by atoms with Crippen LogP contribution < -0.4 is 10.6 Å². The number of anilines is 1. The van der Waals surface area contributed by atoms with E-state index in [0.29, 0.717) is 22.7 Å². The summed E-state index contributed by atoms with van der Waals surface area (Å²) < 4.78 is 1.90. The van der Waals surface area contributed by atoms with E-state index in [1.807, 2.05) is 46.4 Å². The molecule has 2 N–H and O–H groups in total. The number of imidazole rings is 1. The molecule has 4 aromatic rings. The molecule has 0 spiro atoms. The molecule has 0 saturated carbocycles. The SMILES string of the molecule is O=C(NCc1cn2ccccc2n1)c1cccc(NC(=O)c2cccs2)c1. The lowest BCUT2D eigenvalue weighted by Gasteiger charge is -2.07. The number of thiophene rings is 1. The second kappa shape index (κ2) is 7.43. The van der Waals surface area contributed by atoms with Crippen LogP contribution in [-0.4, -0.2) is 21.2 Å². The first-order chi connectivity index (χ1) is 13.2. The van der Waals surface area contributed by atoms with E-state index in [1.54, 1.807) is 30.3 Å². The summed E-state index contributed by atoms with van der Waals surface area (Å²) in [6, 6.07) is 16.2. The van der Waals surface area contributed by atoms with Crippen molar-refractivity contribution in [2.24, 2.45) is 0 Å². The molecule has 0 radical (unpaired) electrons. The predicted molar refractivity (Wildman–Crippen MR) is 105 cm³/mol. The molecule has 0 aliphatic carbocycles. The van der Waals surface area contributed by atoms with E-state index in [1.165, 1.54) is 11.3 Å². The molecule has 134 valence electrons. The Hall–Kier alpha value is -3.45. The first kappa shape index (κ1) is 17.0. The second-order valence-corrected chi connectivity index (χ2v) is 6.84. The molecule has 3 aromatic heterocycles. The maximum atomic E-state index is 12.4. The number of hydrogen-bond acceptors (Lipinski definition) is 4. The summed E-state index contributed by atoms with van der Waals surface area (Å²) in [7, 11) is 0. The number of carbonyl (C=O) groups excluding carboxylic acids is 2. The molecule has 1 aromatic carbocycles. The van der Waals surface area contributed by atoms with E-state index < -0.39 is 0 Å². The summed E-state index contributed by atoms with van der Waals surface area (Å²) in [5, 5.41) is 7.51. The van der Waals surface area contributed by atoms with Crippen LogP contribution in [0.3, 0.4) is 0 Å². The molecule has 0 atom stereocenters. The van der Waals surface area contributed by atoms with Crippen molar-refractivity contribution in [3.63, 3.8) is 0 Å². The zero-order valence-electron chi connectivity index (χ0n) is 14.3. The number of nitrogens with zero attached hydrogens (tertiary/aromatic N) is 2. The summed E-state index contributed by atoms with van der Waals surface area (Å²) in [5.41, 5.74) is 2.66. The fraction of sp³-hybridized carbons (Fsp3) is 0.0500. The first-order valence-corrected chi connectivity index (χ1v) is 9.23. The molecular weight excluding hydrogens is 360 g/mol. The number of pyridine rings is 1. The summed E-state index contributed by atoms with van der Waals surface area (Å²) >= 11 is 1.37. The fourth-order valence-electron chi connectivity index (χ4n) is 2.68. The third-order valence-electron chi connectivity index (χ3n) is 3.97. The van der Waals surface area contributed by atoms with Crippen molar-refractivity contribution in [3.05, 3.63) is 88.5 Å². The minimum absolute atomic E-state index is 0.188. The van der Waals surface area contributed by atoms with Gasteiger partial charge in [-0.1, -0.05) is 18.2 Å². The Morgan fingerprint density at radius 3 is 2.78 bits per heavy atom. The van der Waals surface area contributed by atoms with Crippen LogP contribution in [-0.2, 0) is 6.54 Å². The predicted octanol–water partition coefficient (Wildman–Crippen LogP) is 3.58. The van der Waals surface area contributed by atoms with Gasteiger partial charge in [-0.3, -0.25) is 9.59 Å². The molecular formula is C20H16N4O2S. The lowest BCUT2D eigenvalue weighted by Crippen LogP contribution is -2.23. The molecule has 2 amide bonds. The number of carbonyl (C=O) groups is 2. The molecule has 6 nitrogen and oxygen atoms in total. The maximum Gasteiger partial charge on any atom is 0.265 e. The highest BCUT2D eigenvalue weighted by Gasteiger charge is 2.10. The summed E-state index contributed by atoms with van der Waals surface area (Å²) in [6.45, 7) is 0.326. The highest BCUT2D eigenvalue weighted by molar-refractivity contribution is 7.12. The van der Waals surface area contributed by atoms with Crippen LogP contribution in [0.5, 0.6) is 0 Å². The van der Waals surface area contributed by atoms with Crippen LogP contribution in [0, 0.1) is 0 Å². The monoisotopic (exact) mass is 376 g/mol. The molecule has 0 unspecified atom stereocenters. The minimum atomic E-state index is -0.223. The normalized spacial score (nSPS) is 10.7. The zero-order chi connectivity index (χ0) is 18.6. The van der Waals surface area contributed by atoms with Gasteiger partial charge in [-0.25, -0.2) is 4.98 Å². The molecule has 0 fully saturated rings. The Balaban J connectivity index is 1.41. The van der Waals surface area contributed by atoms with Crippen LogP contribution in [0.25, 0.3) is 5.65 Å². The minimum Gasteiger partial charge on any atom is -0.346 e. The number of fused-ring (bicyclic) bond motifs is 1. The Labute approximate surface area is 159 Å². The van der Waals surface area contributed by atoms with Gasteiger partial charge in [-0.05, 0) is 41.8 Å². The van der Waals surface area contributed by atoms with E-state index in [0.717, 1.165) is 11.3 Å².